The number of aliphatic imine (C=N–C) groups is 1. The first-order valence-corrected chi connectivity index (χ1v) is 9.95. The Morgan fingerprint density at radius 2 is 1.84 bits per heavy atom. The molecule has 0 bridgehead atoms. The Morgan fingerprint density at radius 1 is 1.03 bits per heavy atom. The second-order valence-corrected chi connectivity index (χ2v) is 6.61. The molecule has 0 atom stereocenters. The van der Waals surface area contributed by atoms with Crippen LogP contribution in [0.4, 0.5) is 5.69 Å². The van der Waals surface area contributed by atoms with Crippen LogP contribution in [0.3, 0.4) is 0 Å². The van der Waals surface area contributed by atoms with E-state index in [1.165, 1.54) is 0 Å². The molecule has 0 aliphatic rings. The lowest BCUT2D eigenvalue weighted by molar-refractivity contribution is 0.311. The van der Waals surface area contributed by atoms with Crippen molar-refractivity contribution in [3.05, 3.63) is 84.2 Å². The summed E-state index contributed by atoms with van der Waals surface area (Å²) in [5.74, 6) is 2.47. The molecule has 0 fully saturated rings. The van der Waals surface area contributed by atoms with Crippen molar-refractivity contribution in [1.82, 2.24) is 15.4 Å². The van der Waals surface area contributed by atoms with Crippen LogP contribution in [-0.4, -0.2) is 35.7 Å². The molecule has 3 aromatic carbocycles. The lowest BCUT2D eigenvalue weighted by Crippen LogP contribution is -2.20. The van der Waals surface area contributed by atoms with E-state index in [1.54, 1.807) is 13.3 Å². The SMILES string of the molecule is CCOc1ccc(/C=N\NC(=Nc2ccccc2)c2nc3ccccc3[nH]2)cc1OC. The highest BCUT2D eigenvalue weighted by atomic mass is 16.5. The monoisotopic (exact) mass is 413 g/mol. The number of para-hydroxylation sites is 3. The standard InChI is InChI=1S/C24H23N5O2/c1-3-31-21-14-13-17(15-22(21)30-2)16-25-29-24(26-18-9-5-4-6-10-18)23-27-19-11-7-8-12-20(19)28-23/h4-16H,3H2,1-2H3,(H,26,29)(H,27,28)/b25-16-. The summed E-state index contributed by atoms with van der Waals surface area (Å²) in [6.07, 6.45) is 1.70. The van der Waals surface area contributed by atoms with Crippen LogP contribution in [0.5, 0.6) is 11.5 Å². The van der Waals surface area contributed by atoms with E-state index < -0.39 is 0 Å². The molecule has 0 amide bonds. The van der Waals surface area contributed by atoms with Crippen molar-refractivity contribution in [3.8, 4) is 11.5 Å². The average Bonchev–Trinajstić information content (AvgIpc) is 3.24. The fourth-order valence-electron chi connectivity index (χ4n) is 3.03. The number of H-pyrrole nitrogens is 1. The second kappa shape index (κ2) is 9.58. The molecule has 0 spiro atoms. The summed E-state index contributed by atoms with van der Waals surface area (Å²) in [7, 11) is 1.61. The third-order valence-electron chi connectivity index (χ3n) is 4.48. The molecule has 4 aromatic rings. The van der Waals surface area contributed by atoms with E-state index >= 15 is 0 Å². The van der Waals surface area contributed by atoms with Crippen molar-refractivity contribution in [2.45, 2.75) is 6.92 Å². The van der Waals surface area contributed by atoms with E-state index in [2.05, 4.69) is 25.5 Å². The molecule has 7 nitrogen and oxygen atoms in total. The van der Waals surface area contributed by atoms with Crippen LogP contribution in [0.15, 0.2) is 82.9 Å². The fraction of sp³-hybridized carbons (Fsp3) is 0.125. The first-order valence-electron chi connectivity index (χ1n) is 9.95. The van der Waals surface area contributed by atoms with Gasteiger partial charge in [-0.3, -0.25) is 5.43 Å². The van der Waals surface area contributed by atoms with Gasteiger partial charge in [0.2, 0.25) is 0 Å². The second-order valence-electron chi connectivity index (χ2n) is 6.61. The Kier molecular flexibility index (Phi) is 6.23. The van der Waals surface area contributed by atoms with Gasteiger partial charge in [-0.1, -0.05) is 30.3 Å². The highest BCUT2D eigenvalue weighted by Crippen LogP contribution is 2.27. The minimum Gasteiger partial charge on any atom is -0.493 e. The van der Waals surface area contributed by atoms with Crippen molar-refractivity contribution in [1.29, 1.82) is 0 Å². The Labute approximate surface area is 180 Å². The van der Waals surface area contributed by atoms with Gasteiger partial charge in [-0.15, -0.1) is 0 Å². The minimum absolute atomic E-state index is 0.511. The number of aromatic nitrogens is 2. The average molecular weight is 413 g/mol. The van der Waals surface area contributed by atoms with Crippen molar-refractivity contribution >= 4 is 28.8 Å². The maximum atomic E-state index is 5.56. The number of nitrogens with zero attached hydrogens (tertiary/aromatic N) is 3. The smallest absolute Gasteiger partial charge is 0.190 e. The van der Waals surface area contributed by atoms with Gasteiger partial charge in [-0.25, -0.2) is 9.98 Å². The number of rotatable bonds is 7. The number of ether oxygens (including phenoxy) is 2. The van der Waals surface area contributed by atoms with E-state index in [1.807, 2.05) is 79.7 Å². The highest BCUT2D eigenvalue weighted by Gasteiger charge is 2.10. The molecule has 0 saturated carbocycles. The van der Waals surface area contributed by atoms with Gasteiger partial charge in [0, 0.05) is 0 Å². The van der Waals surface area contributed by atoms with Gasteiger partial charge in [0.15, 0.2) is 23.2 Å². The summed E-state index contributed by atoms with van der Waals surface area (Å²) < 4.78 is 11.0. The maximum Gasteiger partial charge on any atom is 0.190 e. The number of aromatic amines is 1. The summed E-state index contributed by atoms with van der Waals surface area (Å²) in [5.41, 5.74) is 6.47. The van der Waals surface area contributed by atoms with E-state index in [4.69, 9.17) is 9.47 Å². The van der Waals surface area contributed by atoms with Gasteiger partial charge in [-0.05, 0) is 55.0 Å². The number of benzene rings is 3. The zero-order chi connectivity index (χ0) is 21.5. The van der Waals surface area contributed by atoms with Crippen molar-refractivity contribution in [3.63, 3.8) is 0 Å². The number of hydrazone groups is 1. The number of amidine groups is 1. The fourth-order valence-corrected chi connectivity index (χ4v) is 3.03. The topological polar surface area (TPSA) is 83.9 Å². The molecular weight excluding hydrogens is 390 g/mol. The summed E-state index contributed by atoms with van der Waals surface area (Å²) >= 11 is 0. The molecule has 2 N–H and O–H groups in total. The predicted octanol–water partition coefficient (Wildman–Crippen LogP) is 4.67. The molecule has 31 heavy (non-hydrogen) atoms. The molecule has 0 aliphatic carbocycles. The third-order valence-corrected chi connectivity index (χ3v) is 4.48. The zero-order valence-corrected chi connectivity index (χ0v) is 17.4. The summed E-state index contributed by atoms with van der Waals surface area (Å²) in [6.45, 7) is 2.51. The molecule has 0 aliphatic heterocycles. The third kappa shape index (κ3) is 4.90. The largest absolute Gasteiger partial charge is 0.493 e. The molecule has 0 unspecified atom stereocenters. The summed E-state index contributed by atoms with van der Waals surface area (Å²) in [6, 6.07) is 23.1. The lowest BCUT2D eigenvalue weighted by Gasteiger charge is -2.09. The number of nitrogens with one attached hydrogen (secondary N) is 2. The van der Waals surface area contributed by atoms with Crippen molar-refractivity contribution in [2.75, 3.05) is 13.7 Å². The van der Waals surface area contributed by atoms with Gasteiger partial charge < -0.3 is 14.5 Å². The summed E-state index contributed by atoms with van der Waals surface area (Å²) in [4.78, 5) is 12.6. The molecule has 7 heteroatoms. The minimum atomic E-state index is 0.511. The molecule has 1 heterocycles. The van der Waals surface area contributed by atoms with Gasteiger partial charge in [-0.2, -0.15) is 5.10 Å². The molecule has 0 radical (unpaired) electrons. The van der Waals surface area contributed by atoms with Crippen LogP contribution in [-0.2, 0) is 0 Å². The number of methoxy groups -OCH3 is 1. The van der Waals surface area contributed by atoms with Gasteiger partial charge in [0.1, 0.15) is 0 Å². The van der Waals surface area contributed by atoms with Gasteiger partial charge in [0.05, 0.1) is 36.7 Å². The first-order chi connectivity index (χ1) is 15.3. The van der Waals surface area contributed by atoms with E-state index in [-0.39, 0.29) is 0 Å². The van der Waals surface area contributed by atoms with Crippen LogP contribution in [0.2, 0.25) is 0 Å². The molecule has 156 valence electrons. The Hall–Kier alpha value is -4.13. The first kappa shape index (κ1) is 20.2. The Bertz CT molecular complexity index is 1180. The van der Waals surface area contributed by atoms with Crippen LogP contribution >= 0.6 is 0 Å². The molecule has 1 aromatic heterocycles. The predicted molar refractivity (Wildman–Crippen MR) is 124 cm³/mol. The zero-order valence-electron chi connectivity index (χ0n) is 17.4. The molecular formula is C24H23N5O2. The van der Waals surface area contributed by atoms with Crippen LogP contribution < -0.4 is 14.9 Å². The number of hydrogen-bond acceptors (Lipinski definition) is 5. The van der Waals surface area contributed by atoms with E-state index in [9.17, 15) is 0 Å². The summed E-state index contributed by atoms with van der Waals surface area (Å²) in [5, 5.41) is 4.37. The van der Waals surface area contributed by atoms with Crippen molar-refractivity contribution < 1.29 is 9.47 Å². The van der Waals surface area contributed by atoms with Crippen LogP contribution in [0.25, 0.3) is 11.0 Å². The lowest BCUT2D eigenvalue weighted by atomic mass is 10.2. The van der Waals surface area contributed by atoms with Crippen LogP contribution in [0.1, 0.15) is 18.3 Å². The van der Waals surface area contributed by atoms with Crippen LogP contribution in [0, 0.1) is 0 Å². The Balaban J connectivity index is 1.61. The molecule has 4 rings (SSSR count). The highest BCUT2D eigenvalue weighted by molar-refractivity contribution is 6.00. The quantitative estimate of drug-likeness (QED) is 0.262. The normalized spacial score (nSPS) is 11.7. The van der Waals surface area contributed by atoms with Gasteiger partial charge in [0.25, 0.3) is 0 Å². The molecule has 0 saturated heterocycles. The number of imidazole rings is 1. The van der Waals surface area contributed by atoms with Gasteiger partial charge >= 0.3 is 0 Å². The number of fused-ring (bicyclic) bond motifs is 1. The van der Waals surface area contributed by atoms with E-state index in [0.717, 1.165) is 22.3 Å². The van der Waals surface area contributed by atoms with Crippen molar-refractivity contribution in [2.24, 2.45) is 10.1 Å². The number of hydrogen-bond donors (Lipinski definition) is 2. The maximum absolute atomic E-state index is 5.56. The van der Waals surface area contributed by atoms with E-state index in [0.29, 0.717) is 29.8 Å². The Morgan fingerprint density at radius 3 is 2.61 bits per heavy atom.